The minimum Gasteiger partial charge on any atom is -0.306 e. The fourth-order valence-corrected chi connectivity index (χ4v) is 3.31. The third-order valence-electron chi connectivity index (χ3n) is 3.17. The lowest BCUT2D eigenvalue weighted by Crippen LogP contribution is -2.22. The van der Waals surface area contributed by atoms with E-state index in [4.69, 9.17) is 11.6 Å². The Kier molecular flexibility index (Phi) is 5.44. The summed E-state index contributed by atoms with van der Waals surface area (Å²) in [4.78, 5) is 1.28. The van der Waals surface area contributed by atoms with Crippen LogP contribution in [0.5, 0.6) is 0 Å². The van der Waals surface area contributed by atoms with Gasteiger partial charge in [-0.05, 0) is 42.6 Å². The summed E-state index contributed by atoms with van der Waals surface area (Å²) < 4.78 is 0.852. The quantitative estimate of drug-likeness (QED) is 0.785. The maximum absolute atomic E-state index is 6.08. The van der Waals surface area contributed by atoms with Crippen molar-refractivity contribution in [1.82, 2.24) is 5.32 Å². The molecule has 0 amide bonds. The molecule has 1 heterocycles. The summed E-state index contributed by atoms with van der Waals surface area (Å²) in [5.74, 6) is 0. The van der Waals surface area contributed by atoms with Crippen LogP contribution in [0.1, 0.15) is 42.3 Å². The Morgan fingerprint density at radius 3 is 2.68 bits per heavy atom. The molecule has 0 saturated heterocycles. The average molecular weight is 294 g/mol. The van der Waals surface area contributed by atoms with Crippen LogP contribution in [0.25, 0.3) is 0 Å². The molecular weight excluding hydrogens is 274 g/mol. The molecule has 1 unspecified atom stereocenters. The zero-order chi connectivity index (χ0) is 13.7. The number of benzene rings is 1. The SMILES string of the molecule is CCCNC(c1cccc(CC)c1)c1ccc(Cl)s1. The highest BCUT2D eigenvalue weighted by Crippen LogP contribution is 2.31. The fraction of sp³-hybridized carbons (Fsp3) is 0.375. The Labute approximate surface area is 124 Å². The van der Waals surface area contributed by atoms with Gasteiger partial charge in [-0.2, -0.15) is 0 Å². The third kappa shape index (κ3) is 3.82. The maximum atomic E-state index is 6.08. The van der Waals surface area contributed by atoms with E-state index in [1.807, 2.05) is 6.07 Å². The van der Waals surface area contributed by atoms with Gasteiger partial charge < -0.3 is 5.32 Å². The lowest BCUT2D eigenvalue weighted by atomic mass is 10.0. The van der Waals surface area contributed by atoms with Gasteiger partial charge in [-0.15, -0.1) is 11.3 Å². The Balaban J connectivity index is 2.30. The molecule has 19 heavy (non-hydrogen) atoms. The molecule has 0 spiro atoms. The van der Waals surface area contributed by atoms with Crippen LogP contribution in [-0.4, -0.2) is 6.54 Å². The number of hydrogen-bond acceptors (Lipinski definition) is 2. The van der Waals surface area contributed by atoms with Crippen molar-refractivity contribution in [2.24, 2.45) is 0 Å². The molecule has 3 heteroatoms. The van der Waals surface area contributed by atoms with Gasteiger partial charge in [0.05, 0.1) is 10.4 Å². The topological polar surface area (TPSA) is 12.0 Å². The summed E-state index contributed by atoms with van der Waals surface area (Å²) >= 11 is 7.73. The van der Waals surface area contributed by atoms with Gasteiger partial charge in [-0.1, -0.05) is 49.7 Å². The van der Waals surface area contributed by atoms with Gasteiger partial charge in [0, 0.05) is 4.88 Å². The fourth-order valence-electron chi connectivity index (χ4n) is 2.15. The van der Waals surface area contributed by atoms with E-state index in [9.17, 15) is 0 Å². The molecule has 0 aliphatic heterocycles. The first-order valence-electron chi connectivity index (χ1n) is 6.82. The normalized spacial score (nSPS) is 12.6. The van der Waals surface area contributed by atoms with E-state index in [2.05, 4.69) is 49.5 Å². The number of thiophene rings is 1. The highest BCUT2D eigenvalue weighted by molar-refractivity contribution is 7.16. The number of hydrogen-bond donors (Lipinski definition) is 1. The summed E-state index contributed by atoms with van der Waals surface area (Å²) in [7, 11) is 0. The van der Waals surface area contributed by atoms with Crippen LogP contribution in [0, 0.1) is 0 Å². The number of halogens is 1. The van der Waals surface area contributed by atoms with Crippen LogP contribution >= 0.6 is 22.9 Å². The minimum absolute atomic E-state index is 0.254. The van der Waals surface area contributed by atoms with Crippen molar-refractivity contribution in [2.45, 2.75) is 32.7 Å². The van der Waals surface area contributed by atoms with Crippen LogP contribution in [-0.2, 0) is 6.42 Å². The first-order chi connectivity index (χ1) is 9.24. The van der Waals surface area contributed by atoms with Gasteiger partial charge in [-0.25, -0.2) is 0 Å². The van der Waals surface area contributed by atoms with Crippen molar-refractivity contribution >= 4 is 22.9 Å². The monoisotopic (exact) mass is 293 g/mol. The van der Waals surface area contributed by atoms with Crippen LogP contribution in [0.4, 0.5) is 0 Å². The van der Waals surface area contributed by atoms with E-state index >= 15 is 0 Å². The Hall–Kier alpha value is -0.830. The first-order valence-corrected chi connectivity index (χ1v) is 8.01. The van der Waals surface area contributed by atoms with Gasteiger partial charge in [0.15, 0.2) is 0 Å². The van der Waals surface area contributed by atoms with Crippen LogP contribution in [0.15, 0.2) is 36.4 Å². The number of rotatable bonds is 6. The van der Waals surface area contributed by atoms with E-state index in [1.165, 1.54) is 16.0 Å². The Bertz CT molecular complexity index is 521. The molecule has 0 fully saturated rings. The second-order valence-corrected chi connectivity index (χ2v) is 6.37. The highest BCUT2D eigenvalue weighted by atomic mass is 35.5. The van der Waals surface area contributed by atoms with E-state index in [0.717, 1.165) is 23.7 Å². The van der Waals surface area contributed by atoms with Crippen molar-refractivity contribution in [3.05, 3.63) is 56.7 Å². The zero-order valence-corrected chi connectivity index (χ0v) is 13.0. The van der Waals surface area contributed by atoms with Crippen molar-refractivity contribution < 1.29 is 0 Å². The summed E-state index contributed by atoms with van der Waals surface area (Å²) in [5.41, 5.74) is 2.70. The average Bonchev–Trinajstić information content (AvgIpc) is 2.86. The van der Waals surface area contributed by atoms with E-state index in [0.29, 0.717) is 0 Å². The summed E-state index contributed by atoms with van der Waals surface area (Å²) in [6.07, 6.45) is 2.20. The predicted octanol–water partition coefficient (Wildman–Crippen LogP) is 5.05. The molecule has 0 bridgehead atoms. The van der Waals surface area contributed by atoms with Crippen molar-refractivity contribution in [3.63, 3.8) is 0 Å². The molecule has 1 aromatic heterocycles. The zero-order valence-electron chi connectivity index (χ0n) is 11.4. The van der Waals surface area contributed by atoms with Gasteiger partial charge in [-0.3, -0.25) is 0 Å². The van der Waals surface area contributed by atoms with Gasteiger partial charge in [0.2, 0.25) is 0 Å². The largest absolute Gasteiger partial charge is 0.306 e. The van der Waals surface area contributed by atoms with Crippen molar-refractivity contribution in [2.75, 3.05) is 6.54 Å². The maximum Gasteiger partial charge on any atom is 0.0931 e. The van der Waals surface area contributed by atoms with Gasteiger partial charge in [0.25, 0.3) is 0 Å². The summed E-state index contributed by atoms with van der Waals surface area (Å²) in [6.45, 7) is 5.39. The molecule has 1 N–H and O–H groups in total. The summed E-state index contributed by atoms with van der Waals surface area (Å²) in [6, 6.07) is 13.2. The van der Waals surface area contributed by atoms with Crippen molar-refractivity contribution in [3.8, 4) is 0 Å². The smallest absolute Gasteiger partial charge is 0.0931 e. The second-order valence-electron chi connectivity index (χ2n) is 4.63. The minimum atomic E-state index is 0.254. The second kappa shape index (κ2) is 7.09. The van der Waals surface area contributed by atoms with Gasteiger partial charge in [0.1, 0.15) is 0 Å². The third-order valence-corrected chi connectivity index (χ3v) is 4.47. The van der Waals surface area contributed by atoms with Crippen LogP contribution < -0.4 is 5.32 Å². The molecule has 1 nitrogen and oxygen atoms in total. The molecule has 0 radical (unpaired) electrons. The Morgan fingerprint density at radius 2 is 2.05 bits per heavy atom. The van der Waals surface area contributed by atoms with E-state index in [1.54, 1.807) is 11.3 Å². The van der Waals surface area contributed by atoms with Crippen molar-refractivity contribution in [1.29, 1.82) is 0 Å². The summed E-state index contributed by atoms with van der Waals surface area (Å²) in [5, 5.41) is 3.62. The molecule has 2 rings (SSSR count). The van der Waals surface area contributed by atoms with E-state index < -0.39 is 0 Å². The Morgan fingerprint density at radius 1 is 1.21 bits per heavy atom. The number of nitrogens with one attached hydrogen (secondary N) is 1. The molecule has 1 aromatic carbocycles. The highest BCUT2D eigenvalue weighted by Gasteiger charge is 2.15. The first kappa shape index (κ1) is 14.6. The molecular formula is C16H20ClNS. The standard InChI is InChI=1S/C16H20ClNS/c1-3-10-18-16(14-8-9-15(17)19-14)13-7-5-6-12(4-2)11-13/h5-9,11,16,18H,3-4,10H2,1-2H3. The lowest BCUT2D eigenvalue weighted by Gasteiger charge is -2.18. The van der Waals surface area contributed by atoms with Crippen LogP contribution in [0.3, 0.4) is 0 Å². The molecule has 1 atom stereocenters. The molecule has 2 aromatic rings. The van der Waals surface area contributed by atoms with E-state index in [-0.39, 0.29) is 6.04 Å². The van der Waals surface area contributed by atoms with Crippen LogP contribution in [0.2, 0.25) is 4.34 Å². The predicted molar refractivity (Wildman–Crippen MR) is 85.3 cm³/mol. The molecule has 0 aliphatic rings. The molecule has 0 aliphatic carbocycles. The van der Waals surface area contributed by atoms with Gasteiger partial charge >= 0.3 is 0 Å². The molecule has 0 saturated carbocycles. The number of aryl methyl sites for hydroxylation is 1. The molecule has 102 valence electrons. The lowest BCUT2D eigenvalue weighted by molar-refractivity contribution is 0.605.